The summed E-state index contributed by atoms with van der Waals surface area (Å²) < 4.78 is 25.5. The Balaban J connectivity index is 1.81. The Bertz CT molecular complexity index is 1150. The van der Waals surface area contributed by atoms with Crippen molar-refractivity contribution in [3.63, 3.8) is 0 Å². The first kappa shape index (κ1) is 22.6. The molecule has 0 unspecified atom stereocenters. The summed E-state index contributed by atoms with van der Waals surface area (Å²) >= 11 is 0. The average molecular weight is 455 g/mol. The Kier molecular flexibility index (Phi) is 6.79. The minimum atomic E-state index is -0.511. The molecule has 0 aliphatic carbocycles. The van der Waals surface area contributed by atoms with Gasteiger partial charge >= 0.3 is 0 Å². The van der Waals surface area contributed by atoms with E-state index in [-0.39, 0.29) is 24.3 Å². The van der Waals surface area contributed by atoms with E-state index in [0.717, 1.165) is 5.69 Å². The first-order valence-corrected chi connectivity index (χ1v) is 10.9. The fourth-order valence-electron chi connectivity index (χ4n) is 3.98. The third-order valence-corrected chi connectivity index (χ3v) is 5.49. The molecule has 0 saturated carbocycles. The number of hydrogen-bond donors (Lipinski definition) is 4. The number of halogens is 1. The number of methoxy groups -OCH3 is 1. The van der Waals surface area contributed by atoms with Crippen molar-refractivity contribution in [3.05, 3.63) is 53.7 Å². The molecule has 2 aromatic heterocycles. The summed E-state index contributed by atoms with van der Waals surface area (Å²) in [5.74, 6) is -0.137. The van der Waals surface area contributed by atoms with Crippen molar-refractivity contribution >= 4 is 17.3 Å². The number of carbonyl (C=O) groups excluding carboxylic acids is 1. The van der Waals surface area contributed by atoms with Gasteiger partial charge in [-0.1, -0.05) is 6.07 Å². The monoisotopic (exact) mass is 454 g/mol. The molecule has 3 aromatic rings. The molecule has 0 bridgehead atoms. The maximum atomic E-state index is 14.3. The zero-order valence-corrected chi connectivity index (χ0v) is 18.6. The second-order valence-corrected chi connectivity index (χ2v) is 7.90. The molecule has 9 heteroatoms. The van der Waals surface area contributed by atoms with Crippen molar-refractivity contribution in [2.45, 2.75) is 32.2 Å². The molecular formula is C24H27FN4O4. The lowest BCUT2D eigenvalue weighted by Gasteiger charge is -2.21. The van der Waals surface area contributed by atoms with Gasteiger partial charge in [0, 0.05) is 36.5 Å². The molecule has 0 saturated heterocycles. The molecule has 4 rings (SSSR count). The third-order valence-electron chi connectivity index (χ3n) is 5.49. The molecule has 174 valence electrons. The summed E-state index contributed by atoms with van der Waals surface area (Å²) in [4.78, 5) is 20.5. The Hall–Kier alpha value is -3.59. The Morgan fingerprint density at radius 2 is 2.15 bits per heavy atom. The lowest BCUT2D eigenvalue weighted by molar-refractivity contribution is 0.0930. The predicted octanol–water partition coefficient (Wildman–Crippen LogP) is 3.79. The van der Waals surface area contributed by atoms with Crippen LogP contribution in [0.5, 0.6) is 11.5 Å². The number of anilines is 2. The molecule has 1 atom stereocenters. The number of aromatic nitrogens is 2. The predicted molar refractivity (Wildman–Crippen MR) is 123 cm³/mol. The number of aliphatic hydroxyl groups excluding tert-OH is 1. The summed E-state index contributed by atoms with van der Waals surface area (Å²) in [7, 11) is 1.40. The molecular weight excluding hydrogens is 427 g/mol. The van der Waals surface area contributed by atoms with Gasteiger partial charge in [0.1, 0.15) is 5.75 Å². The van der Waals surface area contributed by atoms with E-state index in [1.165, 1.54) is 13.2 Å². The number of benzene rings is 1. The molecule has 0 fully saturated rings. The summed E-state index contributed by atoms with van der Waals surface area (Å²) in [5, 5.41) is 15.2. The topological polar surface area (TPSA) is 108 Å². The van der Waals surface area contributed by atoms with Crippen LogP contribution in [0.1, 0.15) is 35.8 Å². The quantitative estimate of drug-likeness (QED) is 0.367. The van der Waals surface area contributed by atoms with Gasteiger partial charge in [-0.15, -0.1) is 0 Å². The molecule has 1 aromatic carbocycles. The number of amides is 1. The third kappa shape index (κ3) is 4.63. The van der Waals surface area contributed by atoms with Gasteiger partial charge in [0.05, 0.1) is 42.5 Å². The van der Waals surface area contributed by atoms with Crippen LogP contribution in [-0.2, 0) is 6.42 Å². The first-order chi connectivity index (χ1) is 16.0. The van der Waals surface area contributed by atoms with E-state index < -0.39 is 5.82 Å². The van der Waals surface area contributed by atoms with E-state index >= 15 is 0 Å². The lowest BCUT2D eigenvalue weighted by atomic mass is 10.0. The second kappa shape index (κ2) is 9.91. The van der Waals surface area contributed by atoms with Crippen LogP contribution in [0.15, 0.2) is 36.7 Å². The smallest absolute Gasteiger partial charge is 0.255 e. The number of nitrogens with one attached hydrogen (secondary N) is 3. The molecule has 1 aliphatic rings. The van der Waals surface area contributed by atoms with Gasteiger partial charge in [-0.3, -0.25) is 9.78 Å². The molecule has 1 amide bonds. The zero-order chi connectivity index (χ0) is 23.4. The van der Waals surface area contributed by atoms with Crippen LogP contribution in [-0.4, -0.2) is 47.3 Å². The van der Waals surface area contributed by atoms with Gasteiger partial charge in [0.25, 0.3) is 5.91 Å². The molecule has 4 N–H and O–H groups in total. The van der Waals surface area contributed by atoms with E-state index in [9.17, 15) is 9.18 Å². The number of aromatic amines is 1. The van der Waals surface area contributed by atoms with Gasteiger partial charge < -0.3 is 30.2 Å². The van der Waals surface area contributed by atoms with Crippen LogP contribution >= 0.6 is 0 Å². The highest BCUT2D eigenvalue weighted by molar-refractivity contribution is 6.06. The van der Waals surface area contributed by atoms with Crippen LogP contribution in [0.3, 0.4) is 0 Å². The minimum absolute atomic E-state index is 0.0281. The molecule has 33 heavy (non-hydrogen) atoms. The summed E-state index contributed by atoms with van der Waals surface area (Å²) in [5.41, 5.74) is 3.49. The highest BCUT2D eigenvalue weighted by Gasteiger charge is 2.31. The van der Waals surface area contributed by atoms with Crippen LogP contribution < -0.4 is 20.1 Å². The summed E-state index contributed by atoms with van der Waals surface area (Å²) in [6.07, 6.45) is 5.20. The average Bonchev–Trinajstić information content (AvgIpc) is 3.15. The zero-order valence-electron chi connectivity index (χ0n) is 18.6. The van der Waals surface area contributed by atoms with Crippen molar-refractivity contribution in [2.75, 3.05) is 25.6 Å². The SMILES string of the molecule is COc1c(F)cccc1Nc1c(-c2ccncc2OCCCCO)[nH]c2c1C(=O)N[C@@H](C)C2. The van der Waals surface area contributed by atoms with Gasteiger partial charge in [0.15, 0.2) is 11.6 Å². The number of rotatable bonds is 9. The number of fused-ring (bicyclic) bond motifs is 1. The maximum absolute atomic E-state index is 14.3. The van der Waals surface area contributed by atoms with Crippen LogP contribution in [0.25, 0.3) is 11.3 Å². The van der Waals surface area contributed by atoms with Crippen molar-refractivity contribution in [2.24, 2.45) is 0 Å². The standard InChI is InChI=1S/C24H27FN4O4/c1-14-12-18-20(24(31)27-14)22(28-17-7-5-6-16(25)23(17)32-2)21(29-18)15-8-9-26-13-19(15)33-11-4-3-10-30/h5-9,13-14,28-30H,3-4,10-12H2,1-2H3,(H,27,31)/t14-/m0/s1. The summed E-state index contributed by atoms with van der Waals surface area (Å²) in [6, 6.07) is 6.34. The van der Waals surface area contributed by atoms with Crippen molar-refractivity contribution in [3.8, 4) is 22.8 Å². The highest BCUT2D eigenvalue weighted by atomic mass is 19.1. The van der Waals surface area contributed by atoms with Crippen LogP contribution in [0, 0.1) is 5.82 Å². The van der Waals surface area contributed by atoms with E-state index in [1.54, 1.807) is 30.6 Å². The Morgan fingerprint density at radius 3 is 2.94 bits per heavy atom. The van der Waals surface area contributed by atoms with Gasteiger partial charge in [-0.05, 0) is 38.0 Å². The molecule has 0 spiro atoms. The molecule has 3 heterocycles. The summed E-state index contributed by atoms with van der Waals surface area (Å²) in [6.45, 7) is 2.45. The van der Waals surface area contributed by atoms with Crippen molar-refractivity contribution in [1.82, 2.24) is 15.3 Å². The number of para-hydroxylation sites is 1. The number of hydrogen-bond acceptors (Lipinski definition) is 6. The Morgan fingerprint density at radius 1 is 1.30 bits per heavy atom. The highest BCUT2D eigenvalue weighted by Crippen LogP contribution is 2.42. The molecule has 0 radical (unpaired) electrons. The number of nitrogens with zero attached hydrogens (tertiary/aromatic N) is 1. The van der Waals surface area contributed by atoms with Crippen LogP contribution in [0.2, 0.25) is 0 Å². The number of carbonyl (C=O) groups is 1. The molecule has 8 nitrogen and oxygen atoms in total. The number of H-pyrrole nitrogens is 1. The fourth-order valence-corrected chi connectivity index (χ4v) is 3.98. The minimum Gasteiger partial charge on any atom is -0.492 e. The van der Waals surface area contributed by atoms with E-state index in [4.69, 9.17) is 14.6 Å². The number of ether oxygens (including phenoxy) is 2. The largest absolute Gasteiger partial charge is 0.492 e. The van der Waals surface area contributed by atoms with E-state index in [0.29, 0.717) is 59.8 Å². The van der Waals surface area contributed by atoms with Crippen LogP contribution in [0.4, 0.5) is 15.8 Å². The van der Waals surface area contributed by atoms with E-state index in [2.05, 4.69) is 20.6 Å². The van der Waals surface area contributed by atoms with Gasteiger partial charge in [0.2, 0.25) is 0 Å². The number of pyridine rings is 1. The van der Waals surface area contributed by atoms with Gasteiger partial charge in [-0.25, -0.2) is 4.39 Å². The number of unbranched alkanes of at least 4 members (excludes halogenated alkanes) is 1. The first-order valence-electron chi connectivity index (χ1n) is 10.9. The van der Waals surface area contributed by atoms with E-state index in [1.807, 2.05) is 6.92 Å². The normalized spacial score (nSPS) is 15.0. The lowest BCUT2D eigenvalue weighted by Crippen LogP contribution is -2.39. The Labute approximate surface area is 191 Å². The fraction of sp³-hybridized carbons (Fsp3) is 0.333. The maximum Gasteiger partial charge on any atom is 0.255 e. The van der Waals surface area contributed by atoms with Crippen molar-refractivity contribution in [1.29, 1.82) is 0 Å². The second-order valence-electron chi connectivity index (χ2n) is 7.90. The number of aliphatic hydroxyl groups is 1. The van der Waals surface area contributed by atoms with Crippen molar-refractivity contribution < 1.29 is 23.8 Å². The molecule has 1 aliphatic heterocycles. The van der Waals surface area contributed by atoms with Gasteiger partial charge in [-0.2, -0.15) is 0 Å².